The molecule has 0 saturated carbocycles. The van der Waals surface area contributed by atoms with Gasteiger partial charge in [-0.3, -0.25) is 4.79 Å². The fourth-order valence-corrected chi connectivity index (χ4v) is 3.03. The third-order valence-corrected chi connectivity index (χ3v) is 4.69. The minimum absolute atomic E-state index is 0.350. The Hall–Kier alpha value is -1.32. The van der Waals surface area contributed by atoms with E-state index < -0.39 is 11.9 Å². The van der Waals surface area contributed by atoms with Crippen LogP contribution in [-0.2, 0) is 14.3 Å². The van der Waals surface area contributed by atoms with E-state index >= 15 is 0 Å². The lowest BCUT2D eigenvalue weighted by atomic mass is 10.0. The van der Waals surface area contributed by atoms with Gasteiger partial charge in [0, 0.05) is 11.6 Å². The molecule has 0 heterocycles. The van der Waals surface area contributed by atoms with Crippen LogP contribution < -0.4 is 5.73 Å². The highest BCUT2D eigenvalue weighted by Gasteiger charge is 2.09. The molecule has 0 rings (SSSR count). The molecule has 0 unspecified atom stereocenters. The third-order valence-electron chi connectivity index (χ3n) is 4.69. The molecule has 0 fully saturated rings. The van der Waals surface area contributed by atoms with Crippen molar-refractivity contribution < 1.29 is 14.3 Å². The third kappa shape index (κ3) is 16.2. The maximum absolute atomic E-state index is 11.7. The second-order valence-corrected chi connectivity index (χ2v) is 7.16. The van der Waals surface area contributed by atoms with Crippen molar-refractivity contribution in [3.05, 3.63) is 11.6 Å². The van der Waals surface area contributed by atoms with Gasteiger partial charge in [0.15, 0.2) is 0 Å². The number of rotatable bonds is 18. The number of carbonyl (C=O) groups excluding carboxylic acids is 2. The molecule has 0 bridgehead atoms. The fourth-order valence-electron chi connectivity index (χ4n) is 3.03. The SMILES string of the molecule is CCCCCCCCCCCCCCCCOC(=O)C(=CC(N)=O)CC. The van der Waals surface area contributed by atoms with Gasteiger partial charge in [-0.2, -0.15) is 0 Å². The van der Waals surface area contributed by atoms with E-state index in [2.05, 4.69) is 6.92 Å². The molecule has 0 aromatic rings. The first-order chi connectivity index (χ1) is 12.6. The molecule has 0 radical (unpaired) electrons. The second-order valence-electron chi connectivity index (χ2n) is 7.16. The molecular weight excluding hydrogens is 326 g/mol. The smallest absolute Gasteiger partial charge is 0.334 e. The van der Waals surface area contributed by atoms with Gasteiger partial charge in [0.1, 0.15) is 0 Å². The van der Waals surface area contributed by atoms with Crippen molar-refractivity contribution in [1.82, 2.24) is 0 Å². The summed E-state index contributed by atoms with van der Waals surface area (Å²) in [5.41, 5.74) is 5.42. The van der Waals surface area contributed by atoms with Crippen molar-refractivity contribution in [3.8, 4) is 0 Å². The Morgan fingerprint density at radius 2 is 1.15 bits per heavy atom. The summed E-state index contributed by atoms with van der Waals surface area (Å²) in [5.74, 6) is -1.02. The minimum atomic E-state index is -0.602. The number of hydrogen-bond donors (Lipinski definition) is 1. The van der Waals surface area contributed by atoms with Crippen molar-refractivity contribution in [2.75, 3.05) is 6.61 Å². The lowest BCUT2D eigenvalue weighted by molar-refractivity contribution is -0.139. The average molecular weight is 368 g/mol. The van der Waals surface area contributed by atoms with Crippen molar-refractivity contribution in [1.29, 1.82) is 0 Å². The Balaban J connectivity index is 3.36. The first kappa shape index (κ1) is 24.7. The molecule has 0 saturated heterocycles. The Bertz CT molecular complexity index is 391. The van der Waals surface area contributed by atoms with E-state index in [-0.39, 0.29) is 0 Å². The van der Waals surface area contributed by atoms with Crippen LogP contribution in [0.1, 0.15) is 110 Å². The summed E-state index contributed by atoms with van der Waals surface area (Å²) in [6.45, 7) is 4.49. The summed E-state index contributed by atoms with van der Waals surface area (Å²) in [6, 6.07) is 0. The number of nitrogens with two attached hydrogens (primary N) is 1. The maximum atomic E-state index is 11.7. The Morgan fingerprint density at radius 1 is 0.731 bits per heavy atom. The summed E-state index contributed by atoms with van der Waals surface area (Å²) < 4.78 is 5.19. The highest BCUT2D eigenvalue weighted by atomic mass is 16.5. The molecule has 4 nitrogen and oxygen atoms in total. The number of amides is 1. The van der Waals surface area contributed by atoms with Gasteiger partial charge in [-0.15, -0.1) is 0 Å². The maximum Gasteiger partial charge on any atom is 0.334 e. The van der Waals surface area contributed by atoms with E-state index in [0.717, 1.165) is 18.9 Å². The van der Waals surface area contributed by atoms with Crippen LogP contribution in [0.4, 0.5) is 0 Å². The second kappa shape index (κ2) is 18.5. The van der Waals surface area contributed by atoms with Crippen LogP contribution in [0.5, 0.6) is 0 Å². The Labute approximate surface area is 160 Å². The van der Waals surface area contributed by atoms with Crippen LogP contribution in [0.2, 0.25) is 0 Å². The van der Waals surface area contributed by atoms with Gasteiger partial charge < -0.3 is 10.5 Å². The Morgan fingerprint density at radius 3 is 1.54 bits per heavy atom. The standard InChI is InChI=1S/C22H41NO3/c1-3-5-6-7-8-9-10-11-12-13-14-15-16-17-18-26-22(25)20(4-2)19-21(23)24/h19H,3-18H2,1-2H3,(H2,23,24). The number of primary amides is 1. The molecule has 26 heavy (non-hydrogen) atoms. The summed E-state index contributed by atoms with van der Waals surface area (Å²) in [4.78, 5) is 22.6. The highest BCUT2D eigenvalue weighted by molar-refractivity contribution is 5.97. The van der Waals surface area contributed by atoms with Crippen molar-refractivity contribution >= 4 is 11.9 Å². The van der Waals surface area contributed by atoms with E-state index in [4.69, 9.17) is 10.5 Å². The van der Waals surface area contributed by atoms with Gasteiger partial charge in [0.05, 0.1) is 6.61 Å². The first-order valence-corrected chi connectivity index (χ1v) is 10.8. The van der Waals surface area contributed by atoms with Crippen molar-refractivity contribution in [2.45, 2.75) is 110 Å². The van der Waals surface area contributed by atoms with E-state index in [1.54, 1.807) is 0 Å². The summed E-state index contributed by atoms with van der Waals surface area (Å²) in [5, 5.41) is 0. The molecule has 2 N–H and O–H groups in total. The van der Waals surface area contributed by atoms with Crippen LogP contribution in [0.3, 0.4) is 0 Å². The number of esters is 1. The number of hydrogen-bond acceptors (Lipinski definition) is 3. The van der Waals surface area contributed by atoms with Crippen molar-refractivity contribution in [2.24, 2.45) is 5.73 Å². The minimum Gasteiger partial charge on any atom is -0.462 e. The summed E-state index contributed by atoms with van der Waals surface area (Å²) in [6.07, 6.45) is 19.8. The van der Waals surface area contributed by atoms with Gasteiger partial charge >= 0.3 is 5.97 Å². The van der Waals surface area contributed by atoms with Crippen LogP contribution in [0, 0.1) is 0 Å². The monoisotopic (exact) mass is 367 g/mol. The first-order valence-electron chi connectivity index (χ1n) is 10.8. The molecule has 0 spiro atoms. The zero-order valence-electron chi connectivity index (χ0n) is 17.2. The lowest BCUT2D eigenvalue weighted by Gasteiger charge is -2.06. The summed E-state index contributed by atoms with van der Waals surface area (Å²) in [7, 11) is 0. The molecule has 152 valence electrons. The number of unbranched alkanes of at least 4 members (excludes halogenated alkanes) is 13. The normalized spacial score (nSPS) is 11.5. The zero-order chi connectivity index (χ0) is 19.5. The van der Waals surface area contributed by atoms with Crippen LogP contribution in [-0.4, -0.2) is 18.5 Å². The van der Waals surface area contributed by atoms with E-state index in [1.165, 1.54) is 77.0 Å². The highest BCUT2D eigenvalue weighted by Crippen LogP contribution is 2.13. The quantitative estimate of drug-likeness (QED) is 0.188. The largest absolute Gasteiger partial charge is 0.462 e. The predicted octanol–water partition coefficient (Wildman–Crippen LogP) is 5.83. The molecule has 4 heteroatoms. The van der Waals surface area contributed by atoms with E-state index in [0.29, 0.717) is 18.6 Å². The topological polar surface area (TPSA) is 69.4 Å². The van der Waals surface area contributed by atoms with Gasteiger partial charge in [0.2, 0.25) is 5.91 Å². The molecule has 0 aliphatic heterocycles. The zero-order valence-corrected chi connectivity index (χ0v) is 17.2. The van der Waals surface area contributed by atoms with Gasteiger partial charge in [-0.1, -0.05) is 97.3 Å². The number of ether oxygens (including phenoxy) is 1. The van der Waals surface area contributed by atoms with Gasteiger partial charge in [-0.05, 0) is 12.8 Å². The molecule has 0 aromatic carbocycles. The average Bonchev–Trinajstić information content (AvgIpc) is 2.62. The Kier molecular flexibility index (Phi) is 17.5. The fraction of sp³-hybridized carbons (Fsp3) is 0.818. The molecule has 0 aromatic heterocycles. The molecule has 0 atom stereocenters. The van der Waals surface area contributed by atoms with Crippen molar-refractivity contribution in [3.63, 3.8) is 0 Å². The molecule has 0 aliphatic carbocycles. The van der Waals surface area contributed by atoms with Gasteiger partial charge in [-0.25, -0.2) is 4.79 Å². The predicted molar refractivity (Wildman–Crippen MR) is 109 cm³/mol. The van der Waals surface area contributed by atoms with E-state index in [9.17, 15) is 9.59 Å². The lowest BCUT2D eigenvalue weighted by Crippen LogP contribution is -2.13. The molecule has 1 amide bonds. The molecule has 0 aliphatic rings. The summed E-state index contributed by atoms with van der Waals surface area (Å²) >= 11 is 0. The van der Waals surface area contributed by atoms with Crippen LogP contribution >= 0.6 is 0 Å². The number of carbonyl (C=O) groups is 2. The van der Waals surface area contributed by atoms with Gasteiger partial charge in [0.25, 0.3) is 0 Å². The van der Waals surface area contributed by atoms with E-state index in [1.807, 2.05) is 6.92 Å². The van der Waals surface area contributed by atoms with Crippen LogP contribution in [0.15, 0.2) is 11.6 Å². The molecular formula is C22H41NO3. The van der Waals surface area contributed by atoms with Crippen LogP contribution in [0.25, 0.3) is 0 Å².